The molecule has 0 saturated heterocycles. The molecule has 0 bridgehead atoms. The normalized spacial score (nSPS) is 12.1. The quantitative estimate of drug-likeness (QED) is 0.192. The maximum atomic E-state index is 5.09. The van der Waals surface area contributed by atoms with Gasteiger partial charge in [-0.15, -0.1) is 11.3 Å². The Hall–Kier alpha value is -6.37. The number of aromatic nitrogens is 5. The lowest BCUT2D eigenvalue weighted by atomic mass is 10.1. The molecule has 0 fully saturated rings. The van der Waals surface area contributed by atoms with Crippen LogP contribution in [0, 0.1) is 0 Å². The van der Waals surface area contributed by atoms with Crippen LogP contribution < -0.4 is 0 Å². The fraction of sp³-hybridized carbons (Fsp3) is 0. The molecule has 0 atom stereocenters. The van der Waals surface area contributed by atoms with Gasteiger partial charge >= 0.3 is 0 Å². The molecule has 5 heterocycles. The van der Waals surface area contributed by atoms with Gasteiger partial charge in [0.05, 0.1) is 32.3 Å². The van der Waals surface area contributed by atoms with Gasteiger partial charge < -0.3 is 4.40 Å². The molecule has 11 rings (SSSR count). The second-order valence-corrected chi connectivity index (χ2v) is 13.5. The summed E-state index contributed by atoms with van der Waals surface area (Å²) in [6, 6.07) is 53.4. The fourth-order valence-electron chi connectivity index (χ4n) is 7.57. The first kappa shape index (κ1) is 26.7. The summed E-state index contributed by atoms with van der Waals surface area (Å²) in [6.45, 7) is 0. The molecular weight excluding hydrogens is 619 g/mol. The van der Waals surface area contributed by atoms with Crippen molar-refractivity contribution in [1.82, 2.24) is 23.9 Å². The summed E-state index contributed by atoms with van der Waals surface area (Å²) in [5, 5.41) is 6.26. The van der Waals surface area contributed by atoms with Crippen LogP contribution in [-0.4, -0.2) is 23.9 Å². The molecule has 0 aliphatic rings. The standard InChI is InChI=1S/C43H25N5S/c1-3-12-26(13-4-1)41-44-42(27-14-5-2-6-15-27)46-43(45-41)48-35-21-10-8-17-30(35)33-24-28(22-23-36(33)48)38-25-37-40(49-38)32-19-11-18-31-29-16-7-9-20-34(29)47(37)39(31)32/h1-25H. The van der Waals surface area contributed by atoms with E-state index < -0.39 is 0 Å². The SMILES string of the molecule is c1ccc(-c2nc(-c3ccccc3)nc(-n3c4ccccc4c4cc(-c5cc6c(s5)c5cccc7c8ccccc8n6c75)ccc43)n2)cc1. The zero-order valence-electron chi connectivity index (χ0n) is 26.1. The van der Waals surface area contributed by atoms with Gasteiger partial charge in [0.1, 0.15) is 0 Å². The van der Waals surface area contributed by atoms with Crippen LogP contribution >= 0.6 is 11.3 Å². The lowest BCUT2D eigenvalue weighted by molar-refractivity contribution is 0.953. The predicted molar refractivity (Wildman–Crippen MR) is 203 cm³/mol. The molecule has 49 heavy (non-hydrogen) atoms. The summed E-state index contributed by atoms with van der Waals surface area (Å²) in [5.74, 6) is 1.89. The van der Waals surface area contributed by atoms with Crippen molar-refractivity contribution in [1.29, 1.82) is 0 Å². The number of nitrogens with zero attached hydrogens (tertiary/aromatic N) is 5. The third-order valence-corrected chi connectivity index (χ3v) is 10.9. The highest BCUT2D eigenvalue weighted by Gasteiger charge is 2.21. The number of hydrogen-bond donors (Lipinski definition) is 0. The van der Waals surface area contributed by atoms with Gasteiger partial charge in [-0.3, -0.25) is 4.57 Å². The lowest BCUT2D eigenvalue weighted by Gasteiger charge is -2.11. The smallest absolute Gasteiger partial charge is 0.238 e. The van der Waals surface area contributed by atoms with Crippen LogP contribution in [0.3, 0.4) is 0 Å². The summed E-state index contributed by atoms with van der Waals surface area (Å²) in [5.41, 5.74) is 9.06. The first-order valence-electron chi connectivity index (χ1n) is 16.4. The Labute approximate surface area is 284 Å². The van der Waals surface area contributed by atoms with Crippen LogP contribution in [0.25, 0.3) is 98.4 Å². The van der Waals surface area contributed by atoms with E-state index >= 15 is 0 Å². The molecule has 6 heteroatoms. The second kappa shape index (κ2) is 10.1. The molecule has 0 radical (unpaired) electrons. The Morgan fingerprint density at radius 2 is 1.00 bits per heavy atom. The van der Waals surface area contributed by atoms with Gasteiger partial charge in [-0.1, -0.05) is 121 Å². The molecule has 0 amide bonds. The molecule has 0 saturated carbocycles. The van der Waals surface area contributed by atoms with Crippen LogP contribution in [0.2, 0.25) is 0 Å². The van der Waals surface area contributed by atoms with E-state index in [2.05, 4.69) is 100.0 Å². The summed E-state index contributed by atoms with van der Waals surface area (Å²) in [4.78, 5) is 16.4. The average Bonchev–Trinajstić information content (AvgIpc) is 3.92. The van der Waals surface area contributed by atoms with Gasteiger partial charge in [-0.05, 0) is 35.9 Å². The van der Waals surface area contributed by atoms with Crippen LogP contribution in [0.15, 0.2) is 152 Å². The minimum atomic E-state index is 0.599. The van der Waals surface area contributed by atoms with Gasteiger partial charge in [0.2, 0.25) is 5.95 Å². The number of rotatable bonds is 4. The average molecular weight is 644 g/mol. The molecule has 0 unspecified atom stereocenters. The van der Waals surface area contributed by atoms with E-state index in [4.69, 9.17) is 15.0 Å². The predicted octanol–water partition coefficient (Wildman–Crippen LogP) is 11.2. The molecular formula is C43H25N5S. The number of hydrogen-bond acceptors (Lipinski definition) is 4. The molecule has 0 aliphatic carbocycles. The van der Waals surface area contributed by atoms with E-state index in [1.807, 2.05) is 72.0 Å². The summed E-state index contributed by atoms with van der Waals surface area (Å²) in [6.07, 6.45) is 0. The first-order valence-corrected chi connectivity index (χ1v) is 17.2. The van der Waals surface area contributed by atoms with E-state index in [0.29, 0.717) is 17.6 Å². The molecule has 0 N–H and O–H groups in total. The topological polar surface area (TPSA) is 48.0 Å². The molecule has 0 aliphatic heterocycles. The van der Waals surface area contributed by atoms with Crippen molar-refractivity contribution in [2.24, 2.45) is 0 Å². The van der Waals surface area contributed by atoms with E-state index in [1.165, 1.54) is 53.2 Å². The van der Waals surface area contributed by atoms with Gasteiger partial charge in [0.15, 0.2) is 11.6 Å². The zero-order valence-corrected chi connectivity index (χ0v) is 26.9. The minimum absolute atomic E-state index is 0.599. The van der Waals surface area contributed by atoms with Crippen molar-refractivity contribution >= 4 is 70.6 Å². The Morgan fingerprint density at radius 3 is 1.73 bits per heavy atom. The number of thiophene rings is 1. The second-order valence-electron chi connectivity index (χ2n) is 12.5. The number of benzene rings is 6. The van der Waals surface area contributed by atoms with E-state index in [-0.39, 0.29) is 0 Å². The highest BCUT2D eigenvalue weighted by Crippen LogP contribution is 2.45. The van der Waals surface area contributed by atoms with Gasteiger partial charge in [0.25, 0.3) is 0 Å². The Kier molecular flexibility index (Phi) is 5.48. The van der Waals surface area contributed by atoms with Gasteiger partial charge in [0, 0.05) is 42.9 Å². The minimum Gasteiger partial charge on any atom is -0.307 e. The molecule has 5 nitrogen and oxygen atoms in total. The molecule has 11 aromatic rings. The summed E-state index contributed by atoms with van der Waals surface area (Å²) < 4.78 is 5.97. The van der Waals surface area contributed by atoms with Crippen LogP contribution in [0.1, 0.15) is 0 Å². The van der Waals surface area contributed by atoms with Crippen molar-refractivity contribution in [3.8, 4) is 39.2 Å². The molecule has 6 aromatic carbocycles. The lowest BCUT2D eigenvalue weighted by Crippen LogP contribution is -2.06. The van der Waals surface area contributed by atoms with Crippen molar-refractivity contribution in [3.63, 3.8) is 0 Å². The monoisotopic (exact) mass is 643 g/mol. The van der Waals surface area contributed by atoms with Crippen LogP contribution in [0.4, 0.5) is 0 Å². The maximum Gasteiger partial charge on any atom is 0.238 e. The van der Waals surface area contributed by atoms with E-state index in [0.717, 1.165) is 27.5 Å². The van der Waals surface area contributed by atoms with E-state index in [1.54, 1.807) is 0 Å². The van der Waals surface area contributed by atoms with Gasteiger partial charge in [-0.2, -0.15) is 9.97 Å². The van der Waals surface area contributed by atoms with E-state index in [9.17, 15) is 0 Å². The van der Waals surface area contributed by atoms with Crippen LogP contribution in [-0.2, 0) is 0 Å². The third kappa shape index (κ3) is 3.83. The van der Waals surface area contributed by atoms with Crippen molar-refractivity contribution in [3.05, 3.63) is 152 Å². The highest BCUT2D eigenvalue weighted by atomic mass is 32.1. The Bertz CT molecular complexity index is 2990. The zero-order chi connectivity index (χ0) is 32.1. The fourth-order valence-corrected chi connectivity index (χ4v) is 8.74. The molecule has 228 valence electrons. The Balaban J connectivity index is 1.13. The van der Waals surface area contributed by atoms with Gasteiger partial charge in [-0.25, -0.2) is 4.98 Å². The highest BCUT2D eigenvalue weighted by molar-refractivity contribution is 7.23. The molecule has 5 aromatic heterocycles. The largest absolute Gasteiger partial charge is 0.307 e. The van der Waals surface area contributed by atoms with Crippen molar-refractivity contribution in [2.45, 2.75) is 0 Å². The van der Waals surface area contributed by atoms with Crippen molar-refractivity contribution in [2.75, 3.05) is 0 Å². The van der Waals surface area contributed by atoms with Crippen LogP contribution in [0.5, 0.6) is 0 Å². The summed E-state index contributed by atoms with van der Waals surface area (Å²) >= 11 is 1.87. The first-order chi connectivity index (χ1) is 24.3. The number of para-hydroxylation sites is 3. The third-order valence-electron chi connectivity index (χ3n) is 9.74. The Morgan fingerprint density at radius 1 is 0.408 bits per heavy atom. The summed E-state index contributed by atoms with van der Waals surface area (Å²) in [7, 11) is 0. The maximum absolute atomic E-state index is 5.09. The van der Waals surface area contributed by atoms with Crippen molar-refractivity contribution < 1.29 is 0 Å². The molecule has 0 spiro atoms. The number of fused-ring (bicyclic) bond motifs is 9.